The number of rotatable bonds is 2. The van der Waals surface area contributed by atoms with Gasteiger partial charge in [0.25, 0.3) is 0 Å². The second kappa shape index (κ2) is 3.23. The molecule has 2 unspecified atom stereocenters. The second-order valence-corrected chi connectivity index (χ2v) is 3.31. The van der Waals surface area contributed by atoms with Gasteiger partial charge in [0, 0.05) is 0 Å². The molecule has 1 saturated heterocycles. The molecule has 2 aliphatic rings. The number of carbonyl (C=O) groups excluding carboxylic acids is 1. The topological polar surface area (TPSA) is 38.3 Å². The predicted octanol–water partition coefficient (Wildman–Crippen LogP) is 0.723. The molecule has 70 valence electrons. The van der Waals surface area contributed by atoms with Gasteiger partial charge in [-0.2, -0.15) is 0 Å². The molecular weight excluding hydrogens is 178 g/mol. The minimum atomic E-state index is -0.240. The molecule has 1 aliphatic heterocycles. The number of halogens is 1. The van der Waals surface area contributed by atoms with E-state index in [0.29, 0.717) is 12.5 Å². The van der Waals surface area contributed by atoms with Crippen LogP contribution in [-0.4, -0.2) is 24.7 Å². The zero-order chi connectivity index (χ0) is 7.90. The summed E-state index contributed by atoms with van der Waals surface area (Å²) in [6.07, 6.45) is 2.13. The second-order valence-electron chi connectivity index (χ2n) is 3.31. The summed E-state index contributed by atoms with van der Waals surface area (Å²) in [6, 6.07) is 0. The molecule has 0 spiro atoms. The van der Waals surface area contributed by atoms with Crippen molar-refractivity contribution in [3.05, 3.63) is 0 Å². The van der Waals surface area contributed by atoms with Crippen molar-refractivity contribution in [3.63, 3.8) is 0 Å². The van der Waals surface area contributed by atoms with Crippen molar-refractivity contribution in [1.82, 2.24) is 5.32 Å². The third-order valence-corrected chi connectivity index (χ3v) is 2.68. The molecule has 3 nitrogen and oxygen atoms in total. The maximum absolute atomic E-state index is 11.3. The maximum atomic E-state index is 11.3. The summed E-state index contributed by atoms with van der Waals surface area (Å²) < 4.78 is 4.97. The number of carbonyl (C=O) groups is 1. The predicted molar refractivity (Wildman–Crippen MR) is 47.3 cm³/mol. The zero-order valence-corrected chi connectivity index (χ0v) is 7.95. The molecule has 1 heterocycles. The first-order chi connectivity index (χ1) is 5.29. The Bertz CT molecular complexity index is 197. The molecule has 1 saturated carbocycles. The number of hydrogen-bond acceptors (Lipinski definition) is 3. The van der Waals surface area contributed by atoms with E-state index in [2.05, 4.69) is 5.32 Å². The number of hydrogen-bond donors (Lipinski definition) is 1. The van der Waals surface area contributed by atoms with Gasteiger partial charge in [-0.15, -0.1) is 12.4 Å². The van der Waals surface area contributed by atoms with Gasteiger partial charge in [-0.25, -0.2) is 0 Å². The Labute approximate surface area is 78.3 Å². The minimum Gasteiger partial charge on any atom is -0.465 e. The monoisotopic (exact) mass is 191 g/mol. The van der Waals surface area contributed by atoms with Crippen molar-refractivity contribution < 1.29 is 9.53 Å². The van der Waals surface area contributed by atoms with Crippen LogP contribution in [0.4, 0.5) is 0 Å². The highest BCUT2D eigenvalue weighted by atomic mass is 35.5. The molecule has 0 radical (unpaired) electrons. The van der Waals surface area contributed by atoms with Crippen LogP contribution in [0, 0.1) is 5.92 Å². The normalized spacial score (nSPS) is 36.6. The number of ether oxygens (including phenoxy) is 1. The summed E-state index contributed by atoms with van der Waals surface area (Å²) in [5.74, 6) is 0.532. The first-order valence-electron chi connectivity index (χ1n) is 4.22. The average molecular weight is 192 g/mol. The molecule has 0 aromatic rings. The van der Waals surface area contributed by atoms with Crippen LogP contribution in [0.3, 0.4) is 0 Å². The van der Waals surface area contributed by atoms with Gasteiger partial charge < -0.3 is 10.1 Å². The molecule has 2 fully saturated rings. The largest absolute Gasteiger partial charge is 0.465 e. The number of fused-ring (bicyclic) bond motifs is 1. The van der Waals surface area contributed by atoms with E-state index < -0.39 is 0 Å². The van der Waals surface area contributed by atoms with Gasteiger partial charge in [0.15, 0.2) is 0 Å². The Morgan fingerprint density at radius 2 is 2.50 bits per heavy atom. The molecule has 1 N–H and O–H groups in total. The van der Waals surface area contributed by atoms with E-state index in [1.807, 2.05) is 6.92 Å². The van der Waals surface area contributed by atoms with Crippen molar-refractivity contribution in [2.75, 3.05) is 13.2 Å². The van der Waals surface area contributed by atoms with Crippen LogP contribution in [0.2, 0.25) is 0 Å². The van der Waals surface area contributed by atoms with Crippen LogP contribution in [0.1, 0.15) is 19.8 Å². The summed E-state index contributed by atoms with van der Waals surface area (Å²) in [7, 11) is 0. The summed E-state index contributed by atoms with van der Waals surface area (Å²) in [5, 5.41) is 3.22. The molecule has 0 bridgehead atoms. The lowest BCUT2D eigenvalue weighted by atomic mass is 10.2. The van der Waals surface area contributed by atoms with E-state index in [0.717, 1.165) is 19.4 Å². The number of esters is 1. The number of piperidine rings is 1. The molecular formula is C8H14ClNO2. The van der Waals surface area contributed by atoms with Gasteiger partial charge in [0.1, 0.15) is 5.54 Å². The molecule has 0 amide bonds. The van der Waals surface area contributed by atoms with Gasteiger partial charge in [-0.1, -0.05) is 0 Å². The van der Waals surface area contributed by atoms with Crippen LogP contribution in [0.25, 0.3) is 0 Å². The fourth-order valence-corrected chi connectivity index (χ4v) is 1.95. The van der Waals surface area contributed by atoms with Gasteiger partial charge in [-0.3, -0.25) is 4.79 Å². The molecule has 1 aliphatic carbocycles. The van der Waals surface area contributed by atoms with E-state index in [9.17, 15) is 4.79 Å². The third kappa shape index (κ3) is 1.21. The van der Waals surface area contributed by atoms with E-state index in [-0.39, 0.29) is 23.9 Å². The van der Waals surface area contributed by atoms with E-state index >= 15 is 0 Å². The highest BCUT2D eigenvalue weighted by molar-refractivity contribution is 5.86. The zero-order valence-electron chi connectivity index (χ0n) is 7.13. The summed E-state index contributed by atoms with van der Waals surface area (Å²) >= 11 is 0. The smallest absolute Gasteiger partial charge is 0.326 e. The molecule has 0 aromatic carbocycles. The SMILES string of the molecule is CCOC(=O)C12CC1CCN2.Cl. The quantitative estimate of drug-likeness (QED) is 0.654. The summed E-state index contributed by atoms with van der Waals surface area (Å²) in [4.78, 5) is 11.3. The Kier molecular flexibility index (Phi) is 2.64. The molecule has 12 heavy (non-hydrogen) atoms. The van der Waals surface area contributed by atoms with Crippen molar-refractivity contribution >= 4 is 18.4 Å². The summed E-state index contributed by atoms with van der Waals surface area (Å²) in [6.45, 7) is 3.32. The number of nitrogens with one attached hydrogen (secondary N) is 1. The Hall–Kier alpha value is -0.280. The highest BCUT2D eigenvalue weighted by Crippen LogP contribution is 2.50. The van der Waals surface area contributed by atoms with Gasteiger partial charge >= 0.3 is 5.97 Å². The average Bonchev–Trinajstić information content (AvgIpc) is 2.57. The summed E-state index contributed by atoms with van der Waals surface area (Å²) in [5.41, 5.74) is -0.240. The maximum Gasteiger partial charge on any atom is 0.326 e. The van der Waals surface area contributed by atoms with Crippen LogP contribution in [0.15, 0.2) is 0 Å². The lowest BCUT2D eigenvalue weighted by Gasteiger charge is -2.10. The lowest BCUT2D eigenvalue weighted by molar-refractivity contribution is -0.146. The van der Waals surface area contributed by atoms with Crippen molar-refractivity contribution in [3.8, 4) is 0 Å². The molecule has 2 rings (SSSR count). The molecule has 2 atom stereocenters. The van der Waals surface area contributed by atoms with Crippen molar-refractivity contribution in [2.45, 2.75) is 25.3 Å². The van der Waals surface area contributed by atoms with Crippen molar-refractivity contribution in [2.24, 2.45) is 5.92 Å². The van der Waals surface area contributed by atoms with E-state index in [4.69, 9.17) is 4.74 Å². The van der Waals surface area contributed by atoms with Crippen molar-refractivity contribution in [1.29, 1.82) is 0 Å². The van der Waals surface area contributed by atoms with Crippen LogP contribution in [-0.2, 0) is 9.53 Å². The minimum absolute atomic E-state index is 0. The Morgan fingerprint density at radius 1 is 1.75 bits per heavy atom. The van der Waals surface area contributed by atoms with Gasteiger partial charge in [-0.05, 0) is 32.2 Å². The lowest BCUT2D eigenvalue weighted by Crippen LogP contribution is -2.38. The van der Waals surface area contributed by atoms with Gasteiger partial charge in [0.05, 0.1) is 6.61 Å². The first-order valence-corrected chi connectivity index (χ1v) is 4.22. The van der Waals surface area contributed by atoms with Crippen LogP contribution >= 0.6 is 12.4 Å². The van der Waals surface area contributed by atoms with Gasteiger partial charge in [0.2, 0.25) is 0 Å². The van der Waals surface area contributed by atoms with Crippen LogP contribution in [0.5, 0.6) is 0 Å². The highest BCUT2D eigenvalue weighted by Gasteiger charge is 2.63. The molecule has 4 heteroatoms. The fraction of sp³-hybridized carbons (Fsp3) is 0.875. The van der Waals surface area contributed by atoms with Crippen LogP contribution < -0.4 is 5.32 Å². The standard InChI is InChI=1S/C8H13NO2.ClH/c1-2-11-7(10)8-5-6(8)3-4-9-8;/h6,9H,2-5H2,1H3;1H. The fourth-order valence-electron chi connectivity index (χ4n) is 1.95. The van der Waals surface area contributed by atoms with E-state index in [1.54, 1.807) is 0 Å². The molecule has 0 aromatic heterocycles. The van der Waals surface area contributed by atoms with E-state index in [1.165, 1.54) is 0 Å². The third-order valence-electron chi connectivity index (χ3n) is 2.68. The Morgan fingerprint density at radius 3 is 2.92 bits per heavy atom. The first kappa shape index (κ1) is 9.81. The Balaban J connectivity index is 0.000000720.